The first-order valence-corrected chi connectivity index (χ1v) is 6.84. The van der Waals surface area contributed by atoms with Crippen molar-refractivity contribution in [2.24, 2.45) is 10.1 Å². The molecule has 1 N–H and O–H groups in total. The smallest absolute Gasteiger partial charge is 0.178 e. The van der Waals surface area contributed by atoms with Crippen molar-refractivity contribution in [1.29, 1.82) is 0 Å². The summed E-state index contributed by atoms with van der Waals surface area (Å²) in [6.07, 6.45) is 0. The number of hydrogen-bond donors (Lipinski definition) is 1. The zero-order chi connectivity index (χ0) is 14.0. The highest BCUT2D eigenvalue weighted by Crippen LogP contribution is 2.18. The summed E-state index contributed by atoms with van der Waals surface area (Å²) in [6.45, 7) is 5.99. The van der Waals surface area contributed by atoms with E-state index < -0.39 is 11.6 Å². The van der Waals surface area contributed by atoms with E-state index in [9.17, 15) is 8.78 Å². The number of benzene rings is 1. The minimum Gasteiger partial charge on any atom is -0.256 e. The summed E-state index contributed by atoms with van der Waals surface area (Å²) in [5.41, 5.74) is 3.92. The molecule has 1 aromatic rings. The lowest BCUT2D eigenvalue weighted by molar-refractivity contribution is 0.508. The van der Waals surface area contributed by atoms with Crippen LogP contribution in [0.4, 0.5) is 8.78 Å². The van der Waals surface area contributed by atoms with E-state index in [1.807, 2.05) is 20.8 Å². The minimum absolute atomic E-state index is 0.176. The van der Waals surface area contributed by atoms with E-state index in [1.54, 1.807) is 0 Å². The van der Waals surface area contributed by atoms with Gasteiger partial charge in [0.05, 0.1) is 11.3 Å². The van der Waals surface area contributed by atoms with Crippen LogP contribution in [-0.2, 0) is 0 Å². The highest BCUT2D eigenvalue weighted by molar-refractivity contribution is 8.14. The molecule has 19 heavy (non-hydrogen) atoms. The number of thioether (sulfide) groups is 1. The van der Waals surface area contributed by atoms with Gasteiger partial charge in [0.15, 0.2) is 16.8 Å². The van der Waals surface area contributed by atoms with E-state index in [-0.39, 0.29) is 5.54 Å². The second-order valence-corrected chi connectivity index (χ2v) is 6.14. The number of aliphatic imine (C=N–C) groups is 1. The Morgan fingerprint density at radius 1 is 1.26 bits per heavy atom. The molecule has 0 aromatic heterocycles. The molecule has 1 heterocycles. The van der Waals surface area contributed by atoms with Crippen LogP contribution in [0.1, 0.15) is 26.3 Å². The zero-order valence-corrected chi connectivity index (χ0v) is 11.8. The zero-order valence-electron chi connectivity index (χ0n) is 11.0. The van der Waals surface area contributed by atoms with Gasteiger partial charge in [-0.2, -0.15) is 5.10 Å². The van der Waals surface area contributed by atoms with Crippen LogP contribution in [0.3, 0.4) is 0 Å². The highest BCUT2D eigenvalue weighted by Gasteiger charge is 2.17. The molecule has 0 radical (unpaired) electrons. The molecule has 0 saturated carbocycles. The number of hydrogen-bond acceptors (Lipinski definition) is 3. The van der Waals surface area contributed by atoms with Crippen LogP contribution < -0.4 is 5.43 Å². The molecule has 0 unspecified atom stereocenters. The third-order valence-electron chi connectivity index (χ3n) is 2.32. The Hall–Kier alpha value is -1.43. The van der Waals surface area contributed by atoms with Crippen LogP contribution in [0.25, 0.3) is 0 Å². The van der Waals surface area contributed by atoms with Crippen molar-refractivity contribution in [1.82, 2.24) is 5.43 Å². The third kappa shape index (κ3) is 3.76. The topological polar surface area (TPSA) is 36.8 Å². The van der Waals surface area contributed by atoms with Gasteiger partial charge in [0.2, 0.25) is 0 Å². The van der Waals surface area contributed by atoms with Gasteiger partial charge in [-0.15, -0.1) is 0 Å². The van der Waals surface area contributed by atoms with E-state index in [2.05, 4.69) is 15.5 Å². The highest BCUT2D eigenvalue weighted by atomic mass is 32.2. The first kappa shape index (κ1) is 14.0. The summed E-state index contributed by atoms with van der Waals surface area (Å²) in [5, 5.41) is 4.90. The van der Waals surface area contributed by atoms with Crippen molar-refractivity contribution in [3.05, 3.63) is 35.4 Å². The van der Waals surface area contributed by atoms with Gasteiger partial charge in [-0.3, -0.25) is 10.4 Å². The Labute approximate surface area is 115 Å². The number of nitrogens with one attached hydrogen (secondary N) is 1. The lowest BCUT2D eigenvalue weighted by Crippen LogP contribution is -2.28. The summed E-state index contributed by atoms with van der Waals surface area (Å²) in [5.74, 6) is -1.14. The van der Waals surface area contributed by atoms with Crippen molar-refractivity contribution in [2.75, 3.05) is 5.75 Å². The first-order chi connectivity index (χ1) is 8.85. The largest absolute Gasteiger partial charge is 0.256 e. The van der Waals surface area contributed by atoms with Gasteiger partial charge < -0.3 is 0 Å². The number of halogens is 2. The van der Waals surface area contributed by atoms with Crippen molar-refractivity contribution in [2.45, 2.75) is 26.3 Å². The van der Waals surface area contributed by atoms with E-state index in [0.29, 0.717) is 17.0 Å². The molecule has 1 aliphatic rings. The van der Waals surface area contributed by atoms with E-state index in [1.165, 1.54) is 17.8 Å². The Balaban J connectivity index is 2.17. The maximum Gasteiger partial charge on any atom is 0.178 e. The molecule has 1 aromatic carbocycles. The van der Waals surface area contributed by atoms with E-state index in [4.69, 9.17) is 0 Å². The molecule has 0 saturated heterocycles. The number of nitrogens with zero attached hydrogens (tertiary/aromatic N) is 2. The van der Waals surface area contributed by atoms with E-state index >= 15 is 0 Å². The van der Waals surface area contributed by atoms with Gasteiger partial charge in [0.1, 0.15) is 0 Å². The summed E-state index contributed by atoms with van der Waals surface area (Å²) in [7, 11) is 0. The maximum atomic E-state index is 13.2. The molecule has 0 aliphatic carbocycles. The van der Waals surface area contributed by atoms with Crippen LogP contribution in [0, 0.1) is 11.6 Å². The Morgan fingerprint density at radius 3 is 2.53 bits per heavy atom. The number of rotatable bonds is 1. The van der Waals surface area contributed by atoms with Gasteiger partial charge in [-0.25, -0.2) is 8.78 Å². The van der Waals surface area contributed by atoms with Gasteiger partial charge in [0.25, 0.3) is 0 Å². The quantitative estimate of drug-likeness (QED) is 0.859. The molecule has 0 spiro atoms. The summed E-state index contributed by atoms with van der Waals surface area (Å²) in [4.78, 5) is 4.46. The molecule has 6 heteroatoms. The molecule has 1 aliphatic heterocycles. The number of amidine groups is 1. The fourth-order valence-electron chi connectivity index (χ4n) is 1.50. The second kappa shape index (κ2) is 5.28. The third-order valence-corrected chi connectivity index (χ3v) is 3.20. The predicted molar refractivity (Wildman–Crippen MR) is 75.7 cm³/mol. The molecular weight excluding hydrogens is 268 g/mol. The molecule has 0 fully saturated rings. The Kier molecular flexibility index (Phi) is 3.89. The van der Waals surface area contributed by atoms with Crippen molar-refractivity contribution < 1.29 is 8.78 Å². The van der Waals surface area contributed by atoms with E-state index in [0.717, 1.165) is 17.3 Å². The molecule has 3 nitrogen and oxygen atoms in total. The summed E-state index contributed by atoms with van der Waals surface area (Å²) >= 11 is 1.49. The van der Waals surface area contributed by atoms with Gasteiger partial charge >= 0.3 is 0 Å². The SMILES string of the molecule is CC(C)(C)N=C1NN=C(c2ccc(F)c(F)c2)CS1. The minimum atomic E-state index is -0.862. The summed E-state index contributed by atoms with van der Waals surface area (Å²) in [6, 6.07) is 3.78. The van der Waals surface area contributed by atoms with Crippen molar-refractivity contribution >= 4 is 22.6 Å². The average Bonchev–Trinajstić information content (AvgIpc) is 2.32. The monoisotopic (exact) mass is 283 g/mol. The van der Waals surface area contributed by atoms with Crippen molar-refractivity contribution in [3.63, 3.8) is 0 Å². The molecule has 2 rings (SSSR count). The summed E-state index contributed by atoms with van der Waals surface area (Å²) < 4.78 is 26.0. The van der Waals surface area contributed by atoms with Crippen LogP contribution in [0.5, 0.6) is 0 Å². The Bertz CT molecular complexity index is 547. The van der Waals surface area contributed by atoms with Crippen LogP contribution in [0.15, 0.2) is 28.3 Å². The van der Waals surface area contributed by atoms with Gasteiger partial charge in [-0.05, 0) is 39.0 Å². The lowest BCUT2D eigenvalue weighted by Gasteiger charge is -2.19. The van der Waals surface area contributed by atoms with Gasteiger partial charge in [-0.1, -0.05) is 11.8 Å². The number of hydrazone groups is 1. The van der Waals surface area contributed by atoms with Crippen LogP contribution in [0.2, 0.25) is 0 Å². The standard InChI is InChI=1S/C13H15F2N3S/c1-13(2,3)16-12-18-17-11(7-19-12)8-4-5-9(14)10(15)6-8/h4-6H,7H2,1-3H3,(H,16,18). The van der Waals surface area contributed by atoms with Crippen molar-refractivity contribution in [3.8, 4) is 0 Å². The second-order valence-electron chi connectivity index (χ2n) is 5.18. The average molecular weight is 283 g/mol. The van der Waals surface area contributed by atoms with Gasteiger partial charge in [0, 0.05) is 11.3 Å². The van der Waals surface area contributed by atoms with Crippen LogP contribution in [-0.4, -0.2) is 22.2 Å². The predicted octanol–water partition coefficient (Wildman–Crippen LogP) is 3.16. The van der Waals surface area contributed by atoms with Crippen LogP contribution >= 0.6 is 11.8 Å². The fourth-order valence-corrected chi connectivity index (χ4v) is 2.46. The molecule has 0 atom stereocenters. The molecule has 102 valence electrons. The Morgan fingerprint density at radius 2 is 2.00 bits per heavy atom. The first-order valence-electron chi connectivity index (χ1n) is 5.86. The lowest BCUT2D eigenvalue weighted by atomic mass is 10.1. The normalized spacial score (nSPS) is 18.2. The fraction of sp³-hybridized carbons (Fsp3) is 0.385. The molecular formula is C13H15F2N3S. The molecule has 0 amide bonds. The maximum absolute atomic E-state index is 13.2. The molecule has 0 bridgehead atoms.